The van der Waals surface area contributed by atoms with Crippen LogP contribution in [0.2, 0.25) is 0 Å². The van der Waals surface area contributed by atoms with Gasteiger partial charge in [0.15, 0.2) is 0 Å². The van der Waals surface area contributed by atoms with E-state index in [4.69, 9.17) is 0 Å². The molecule has 2 amide bonds. The Morgan fingerprint density at radius 3 is 2.68 bits per heavy atom. The van der Waals surface area contributed by atoms with Gasteiger partial charge in [-0.25, -0.2) is 0 Å². The van der Waals surface area contributed by atoms with Crippen LogP contribution in [-0.4, -0.2) is 41.8 Å². The molecule has 1 saturated heterocycles. The Hall–Kier alpha value is -2.69. The summed E-state index contributed by atoms with van der Waals surface area (Å²) in [5.41, 5.74) is 2.79. The Morgan fingerprint density at radius 1 is 1.18 bits per heavy atom. The van der Waals surface area contributed by atoms with E-state index >= 15 is 0 Å². The molecule has 1 aliphatic heterocycles. The summed E-state index contributed by atoms with van der Waals surface area (Å²) in [6.07, 6.45) is 7.89. The quantitative estimate of drug-likeness (QED) is 0.871. The van der Waals surface area contributed by atoms with Gasteiger partial charge in [0.05, 0.1) is 5.41 Å². The Morgan fingerprint density at radius 2 is 1.96 bits per heavy atom. The van der Waals surface area contributed by atoms with E-state index < -0.39 is 5.41 Å². The molecule has 2 aromatic rings. The van der Waals surface area contributed by atoms with E-state index in [0.717, 1.165) is 48.9 Å². The average Bonchev–Trinajstić information content (AvgIpc) is 3.59. The number of likely N-dealkylation sites (tertiary alicyclic amines) is 1. The lowest BCUT2D eigenvalue weighted by Crippen LogP contribution is -2.54. The fraction of sp³-hybridized carbons (Fsp3) is 0.435. The maximum Gasteiger partial charge on any atom is 0.228 e. The van der Waals surface area contributed by atoms with Crippen molar-refractivity contribution in [3.8, 4) is 11.1 Å². The first-order chi connectivity index (χ1) is 13.6. The summed E-state index contributed by atoms with van der Waals surface area (Å²) in [4.78, 5) is 31.6. The summed E-state index contributed by atoms with van der Waals surface area (Å²) in [5, 5.41) is 2.86. The van der Waals surface area contributed by atoms with E-state index in [-0.39, 0.29) is 17.7 Å². The van der Waals surface area contributed by atoms with Gasteiger partial charge in [-0.05, 0) is 60.9 Å². The number of aromatic nitrogens is 1. The number of hydrogen-bond donors (Lipinski definition) is 1. The zero-order chi connectivity index (χ0) is 19.6. The molecule has 0 spiro atoms. The lowest BCUT2D eigenvalue weighted by atomic mass is 9.74. The molecule has 1 atom stereocenters. The summed E-state index contributed by atoms with van der Waals surface area (Å²) in [6, 6.07) is 12.3. The number of nitrogens with one attached hydrogen (secondary N) is 1. The molecule has 0 radical (unpaired) electrons. The molecule has 2 aliphatic rings. The van der Waals surface area contributed by atoms with Gasteiger partial charge in [0, 0.05) is 38.4 Å². The zero-order valence-electron chi connectivity index (χ0n) is 16.4. The summed E-state index contributed by atoms with van der Waals surface area (Å²) < 4.78 is 0. The van der Waals surface area contributed by atoms with Crippen LogP contribution in [0.25, 0.3) is 11.1 Å². The number of hydrogen-bond acceptors (Lipinski definition) is 3. The minimum absolute atomic E-state index is 0.0371. The zero-order valence-corrected chi connectivity index (χ0v) is 16.4. The van der Waals surface area contributed by atoms with Crippen molar-refractivity contribution in [2.75, 3.05) is 20.1 Å². The fourth-order valence-electron chi connectivity index (χ4n) is 4.38. The molecule has 1 N–H and O–H groups in total. The molecule has 28 heavy (non-hydrogen) atoms. The maximum atomic E-state index is 12.9. The Kier molecular flexibility index (Phi) is 5.16. The van der Waals surface area contributed by atoms with Crippen molar-refractivity contribution in [2.45, 2.75) is 32.1 Å². The number of amides is 2. The molecule has 146 valence electrons. The molecule has 5 heteroatoms. The number of carbonyl (C=O) groups is 2. The van der Waals surface area contributed by atoms with Gasteiger partial charge in [0.1, 0.15) is 0 Å². The lowest BCUT2D eigenvalue weighted by molar-refractivity contribution is -0.142. The van der Waals surface area contributed by atoms with Crippen molar-refractivity contribution in [1.29, 1.82) is 0 Å². The van der Waals surface area contributed by atoms with Gasteiger partial charge in [0.2, 0.25) is 11.8 Å². The van der Waals surface area contributed by atoms with Gasteiger partial charge in [0.25, 0.3) is 0 Å². The second-order valence-corrected chi connectivity index (χ2v) is 8.11. The molecular weight excluding hydrogens is 350 g/mol. The number of piperidine rings is 1. The SMILES string of the molecule is CNC(=O)[C@]1(Cc2cccc(-c3ccncc3)c2)CCCN(C(=O)C2CC2)C1. The molecule has 2 heterocycles. The van der Waals surface area contributed by atoms with Gasteiger partial charge < -0.3 is 10.2 Å². The second-order valence-electron chi connectivity index (χ2n) is 8.11. The predicted octanol–water partition coefficient (Wildman–Crippen LogP) is 3.06. The first kappa shape index (κ1) is 18.7. The van der Waals surface area contributed by atoms with E-state index in [9.17, 15) is 9.59 Å². The molecule has 0 unspecified atom stereocenters. The molecule has 4 rings (SSSR count). The third-order valence-corrected chi connectivity index (χ3v) is 6.01. The molecule has 1 aliphatic carbocycles. The second kappa shape index (κ2) is 7.74. The number of nitrogens with zero attached hydrogens (tertiary/aromatic N) is 2. The largest absolute Gasteiger partial charge is 0.359 e. The predicted molar refractivity (Wildman–Crippen MR) is 108 cm³/mol. The number of rotatable bonds is 5. The topological polar surface area (TPSA) is 62.3 Å². The van der Waals surface area contributed by atoms with Crippen molar-refractivity contribution < 1.29 is 9.59 Å². The molecule has 0 bridgehead atoms. The van der Waals surface area contributed by atoms with Crippen LogP contribution in [0.1, 0.15) is 31.2 Å². The van der Waals surface area contributed by atoms with Gasteiger partial charge in [-0.2, -0.15) is 0 Å². The smallest absolute Gasteiger partial charge is 0.228 e. The first-order valence-electron chi connectivity index (χ1n) is 10.1. The Balaban J connectivity index is 1.60. The standard InChI is InChI=1S/C23H27N3O2/c1-24-22(28)23(10-3-13-26(16-23)21(27)19-6-7-19)15-17-4-2-5-20(14-17)18-8-11-25-12-9-18/h2,4-5,8-9,11-12,14,19H,3,6-7,10,13,15-16H2,1H3,(H,24,28)/t23-/m0/s1. The van der Waals surface area contributed by atoms with Crippen molar-refractivity contribution in [3.63, 3.8) is 0 Å². The van der Waals surface area contributed by atoms with E-state index in [1.165, 1.54) is 0 Å². The number of pyridine rings is 1. The Labute approximate surface area is 166 Å². The highest BCUT2D eigenvalue weighted by atomic mass is 16.2. The summed E-state index contributed by atoms with van der Waals surface area (Å²) in [5.74, 6) is 0.462. The van der Waals surface area contributed by atoms with E-state index in [1.54, 1.807) is 19.4 Å². The van der Waals surface area contributed by atoms with Gasteiger partial charge in [-0.3, -0.25) is 14.6 Å². The van der Waals surface area contributed by atoms with Crippen molar-refractivity contribution in [3.05, 3.63) is 54.4 Å². The first-order valence-corrected chi connectivity index (χ1v) is 10.1. The number of carbonyl (C=O) groups excluding carboxylic acids is 2. The third-order valence-electron chi connectivity index (χ3n) is 6.01. The molecule has 1 aromatic carbocycles. The van der Waals surface area contributed by atoms with Crippen LogP contribution >= 0.6 is 0 Å². The molecule has 1 aromatic heterocycles. The van der Waals surface area contributed by atoms with Crippen molar-refractivity contribution >= 4 is 11.8 Å². The summed E-state index contributed by atoms with van der Waals surface area (Å²) >= 11 is 0. The highest BCUT2D eigenvalue weighted by Gasteiger charge is 2.45. The lowest BCUT2D eigenvalue weighted by Gasteiger charge is -2.42. The molecule has 1 saturated carbocycles. The molecular formula is C23H27N3O2. The van der Waals surface area contributed by atoms with Crippen LogP contribution in [0, 0.1) is 11.3 Å². The average molecular weight is 377 g/mol. The van der Waals surface area contributed by atoms with Crippen LogP contribution in [0.5, 0.6) is 0 Å². The van der Waals surface area contributed by atoms with Crippen LogP contribution in [-0.2, 0) is 16.0 Å². The maximum absolute atomic E-state index is 12.9. The molecule has 5 nitrogen and oxygen atoms in total. The molecule has 2 fully saturated rings. The third kappa shape index (κ3) is 3.79. The van der Waals surface area contributed by atoms with E-state index in [0.29, 0.717) is 13.0 Å². The highest BCUT2D eigenvalue weighted by molar-refractivity contribution is 5.86. The fourth-order valence-corrected chi connectivity index (χ4v) is 4.38. The van der Waals surface area contributed by atoms with Crippen molar-refractivity contribution in [1.82, 2.24) is 15.2 Å². The van der Waals surface area contributed by atoms with Crippen LogP contribution in [0.4, 0.5) is 0 Å². The van der Waals surface area contributed by atoms with Crippen LogP contribution in [0.15, 0.2) is 48.8 Å². The van der Waals surface area contributed by atoms with Gasteiger partial charge in [-0.15, -0.1) is 0 Å². The normalized spacial score (nSPS) is 22.0. The van der Waals surface area contributed by atoms with Crippen LogP contribution in [0.3, 0.4) is 0 Å². The Bertz CT molecular complexity index is 863. The highest BCUT2D eigenvalue weighted by Crippen LogP contribution is 2.38. The minimum Gasteiger partial charge on any atom is -0.359 e. The van der Waals surface area contributed by atoms with Crippen LogP contribution < -0.4 is 5.32 Å². The van der Waals surface area contributed by atoms with E-state index in [2.05, 4.69) is 28.5 Å². The number of benzene rings is 1. The monoisotopic (exact) mass is 377 g/mol. The minimum atomic E-state index is -0.561. The van der Waals surface area contributed by atoms with E-state index in [1.807, 2.05) is 23.1 Å². The summed E-state index contributed by atoms with van der Waals surface area (Å²) in [7, 11) is 1.69. The van der Waals surface area contributed by atoms with Gasteiger partial charge in [-0.1, -0.05) is 24.3 Å². The van der Waals surface area contributed by atoms with Gasteiger partial charge >= 0.3 is 0 Å². The summed E-state index contributed by atoms with van der Waals surface area (Å²) in [6.45, 7) is 1.28. The van der Waals surface area contributed by atoms with Crippen molar-refractivity contribution in [2.24, 2.45) is 11.3 Å².